The van der Waals surface area contributed by atoms with Gasteiger partial charge in [-0.2, -0.15) is 0 Å². The minimum Gasteiger partial charge on any atom is -0.445 e. The van der Waals surface area contributed by atoms with E-state index in [1.807, 2.05) is 72.8 Å². The van der Waals surface area contributed by atoms with Crippen molar-refractivity contribution in [1.82, 2.24) is 9.88 Å². The van der Waals surface area contributed by atoms with Gasteiger partial charge in [-0.1, -0.05) is 48.5 Å². The largest absolute Gasteiger partial charge is 0.445 e. The average molecular weight is 446 g/mol. The highest BCUT2D eigenvalue weighted by Crippen LogP contribution is 2.17. The number of anilines is 3. The van der Waals surface area contributed by atoms with Crippen LogP contribution in [0.1, 0.15) is 12.0 Å². The molecule has 3 amide bonds. The number of hydrogen-bond acceptors (Lipinski definition) is 5. The zero-order chi connectivity index (χ0) is 22.9. The van der Waals surface area contributed by atoms with Crippen LogP contribution in [-0.4, -0.2) is 48.2 Å². The maximum Gasteiger partial charge on any atom is 0.410 e. The van der Waals surface area contributed by atoms with E-state index in [2.05, 4.69) is 20.5 Å². The van der Waals surface area contributed by atoms with Crippen LogP contribution in [0.3, 0.4) is 0 Å². The van der Waals surface area contributed by atoms with E-state index < -0.39 is 0 Å². The lowest BCUT2D eigenvalue weighted by Crippen LogP contribution is -2.35. The molecule has 8 heteroatoms. The van der Waals surface area contributed by atoms with E-state index in [4.69, 9.17) is 4.74 Å². The van der Waals surface area contributed by atoms with E-state index >= 15 is 0 Å². The second-order valence-electron chi connectivity index (χ2n) is 7.72. The molecule has 0 unspecified atom stereocenters. The number of rotatable bonds is 5. The van der Waals surface area contributed by atoms with Crippen LogP contribution >= 0.6 is 0 Å². The molecule has 2 N–H and O–H groups in total. The van der Waals surface area contributed by atoms with E-state index in [9.17, 15) is 9.59 Å². The summed E-state index contributed by atoms with van der Waals surface area (Å²) in [5.41, 5.74) is 2.29. The smallest absolute Gasteiger partial charge is 0.410 e. The van der Waals surface area contributed by atoms with Crippen molar-refractivity contribution in [2.24, 2.45) is 0 Å². The molecule has 2 aromatic carbocycles. The van der Waals surface area contributed by atoms with Crippen LogP contribution in [0, 0.1) is 0 Å². The molecule has 1 aromatic heterocycles. The van der Waals surface area contributed by atoms with Crippen molar-refractivity contribution >= 4 is 29.3 Å². The van der Waals surface area contributed by atoms with Crippen LogP contribution < -0.4 is 15.5 Å². The minimum atomic E-state index is -0.324. The van der Waals surface area contributed by atoms with Gasteiger partial charge in [0.05, 0.1) is 11.9 Å². The first kappa shape index (κ1) is 22.1. The lowest BCUT2D eigenvalue weighted by Gasteiger charge is -2.22. The summed E-state index contributed by atoms with van der Waals surface area (Å²) in [6.45, 7) is 2.93. The standard InChI is InChI=1S/C25H27N5O3/c31-24(27-21-10-5-2-6-11-21)28-22-12-13-23(26-18-22)29-14-7-15-30(17-16-29)25(32)33-19-20-8-3-1-4-9-20/h1-6,8-13,18H,7,14-17,19H2,(H2,27,28,31). The van der Waals surface area contributed by atoms with E-state index in [1.54, 1.807) is 11.1 Å². The Morgan fingerprint density at radius 1 is 0.818 bits per heavy atom. The first-order valence-electron chi connectivity index (χ1n) is 11.0. The van der Waals surface area contributed by atoms with Crippen molar-refractivity contribution in [3.05, 3.63) is 84.6 Å². The number of carbonyl (C=O) groups is 2. The molecule has 0 saturated carbocycles. The molecule has 33 heavy (non-hydrogen) atoms. The Labute approximate surface area is 193 Å². The molecule has 0 bridgehead atoms. The SMILES string of the molecule is O=C(Nc1ccccc1)Nc1ccc(N2CCCN(C(=O)OCc3ccccc3)CC2)nc1. The zero-order valence-electron chi connectivity index (χ0n) is 18.3. The fourth-order valence-corrected chi connectivity index (χ4v) is 3.60. The summed E-state index contributed by atoms with van der Waals surface area (Å²) < 4.78 is 5.47. The number of urea groups is 1. The van der Waals surface area contributed by atoms with E-state index in [1.165, 1.54) is 0 Å². The molecule has 8 nitrogen and oxygen atoms in total. The predicted molar refractivity (Wildman–Crippen MR) is 128 cm³/mol. The Bertz CT molecular complexity index is 1040. The summed E-state index contributed by atoms with van der Waals surface area (Å²) in [5.74, 6) is 0.809. The Morgan fingerprint density at radius 3 is 2.27 bits per heavy atom. The third kappa shape index (κ3) is 6.46. The summed E-state index contributed by atoms with van der Waals surface area (Å²) in [7, 11) is 0. The van der Waals surface area contributed by atoms with Gasteiger partial charge in [0.25, 0.3) is 0 Å². The third-order valence-electron chi connectivity index (χ3n) is 5.32. The fraction of sp³-hybridized carbons (Fsp3) is 0.240. The number of nitrogens with one attached hydrogen (secondary N) is 2. The molecule has 0 spiro atoms. The molecule has 2 heterocycles. The fourth-order valence-electron chi connectivity index (χ4n) is 3.60. The molecule has 1 fully saturated rings. The molecule has 1 aliphatic heterocycles. The van der Waals surface area contributed by atoms with Crippen LogP contribution in [0.5, 0.6) is 0 Å². The Balaban J connectivity index is 1.26. The molecule has 1 saturated heterocycles. The Hall–Kier alpha value is -4.07. The van der Waals surface area contributed by atoms with Gasteiger partial charge in [-0.3, -0.25) is 0 Å². The van der Waals surface area contributed by atoms with E-state index in [-0.39, 0.29) is 18.7 Å². The molecular weight excluding hydrogens is 418 g/mol. The third-order valence-corrected chi connectivity index (χ3v) is 5.32. The number of hydrogen-bond donors (Lipinski definition) is 2. The van der Waals surface area contributed by atoms with Crippen molar-refractivity contribution in [3.8, 4) is 0 Å². The van der Waals surface area contributed by atoms with Gasteiger partial charge < -0.3 is 25.2 Å². The minimum absolute atomic E-state index is 0.272. The van der Waals surface area contributed by atoms with Gasteiger partial charge in [-0.25, -0.2) is 14.6 Å². The highest BCUT2D eigenvalue weighted by molar-refractivity contribution is 5.99. The van der Waals surface area contributed by atoms with E-state index in [0.717, 1.165) is 30.0 Å². The van der Waals surface area contributed by atoms with Crippen molar-refractivity contribution in [1.29, 1.82) is 0 Å². The van der Waals surface area contributed by atoms with Gasteiger partial charge in [0.1, 0.15) is 12.4 Å². The van der Waals surface area contributed by atoms with Crippen LogP contribution in [0.25, 0.3) is 0 Å². The molecule has 4 rings (SSSR count). The maximum atomic E-state index is 12.5. The predicted octanol–water partition coefficient (Wildman–Crippen LogP) is 4.57. The molecule has 3 aromatic rings. The molecular formula is C25H27N5O3. The van der Waals surface area contributed by atoms with Crippen molar-refractivity contribution < 1.29 is 14.3 Å². The summed E-state index contributed by atoms with van der Waals surface area (Å²) in [5, 5.41) is 5.56. The summed E-state index contributed by atoms with van der Waals surface area (Å²) >= 11 is 0. The first-order chi connectivity index (χ1) is 16.2. The highest BCUT2D eigenvalue weighted by Gasteiger charge is 2.21. The van der Waals surface area contributed by atoms with Crippen LogP contribution in [-0.2, 0) is 11.3 Å². The van der Waals surface area contributed by atoms with Crippen molar-refractivity contribution in [3.63, 3.8) is 0 Å². The average Bonchev–Trinajstić information content (AvgIpc) is 3.11. The van der Waals surface area contributed by atoms with Gasteiger partial charge in [0.2, 0.25) is 0 Å². The molecule has 0 aliphatic carbocycles. The van der Waals surface area contributed by atoms with Gasteiger partial charge in [0.15, 0.2) is 0 Å². The molecule has 1 aliphatic rings. The molecule has 0 atom stereocenters. The Morgan fingerprint density at radius 2 is 1.55 bits per heavy atom. The van der Waals surface area contributed by atoms with E-state index in [0.29, 0.717) is 25.3 Å². The van der Waals surface area contributed by atoms with Gasteiger partial charge in [-0.05, 0) is 36.2 Å². The van der Waals surface area contributed by atoms with Crippen LogP contribution in [0.4, 0.5) is 26.8 Å². The Kier molecular flexibility index (Phi) is 7.37. The number of amides is 3. The van der Waals surface area contributed by atoms with Crippen LogP contribution in [0.15, 0.2) is 79.0 Å². The lowest BCUT2D eigenvalue weighted by atomic mass is 10.2. The summed E-state index contributed by atoms with van der Waals surface area (Å²) in [6.07, 6.45) is 2.16. The number of benzene rings is 2. The number of aromatic nitrogens is 1. The van der Waals surface area contributed by atoms with Gasteiger partial charge in [0, 0.05) is 31.9 Å². The molecule has 170 valence electrons. The summed E-state index contributed by atoms with van der Waals surface area (Å²) in [6, 6.07) is 22.3. The summed E-state index contributed by atoms with van der Waals surface area (Å²) in [4.78, 5) is 33.0. The lowest BCUT2D eigenvalue weighted by molar-refractivity contribution is 0.0986. The molecule has 0 radical (unpaired) electrons. The normalized spacial score (nSPS) is 13.7. The quantitative estimate of drug-likeness (QED) is 0.601. The number of nitrogens with zero attached hydrogens (tertiary/aromatic N) is 3. The second kappa shape index (κ2) is 11.0. The topological polar surface area (TPSA) is 86.8 Å². The number of ether oxygens (including phenoxy) is 1. The van der Waals surface area contributed by atoms with Gasteiger partial charge >= 0.3 is 12.1 Å². The highest BCUT2D eigenvalue weighted by atomic mass is 16.6. The van der Waals surface area contributed by atoms with Gasteiger partial charge in [-0.15, -0.1) is 0 Å². The number of pyridine rings is 1. The van der Waals surface area contributed by atoms with Crippen molar-refractivity contribution in [2.45, 2.75) is 13.0 Å². The number of carbonyl (C=O) groups excluding carboxylic acids is 2. The zero-order valence-corrected chi connectivity index (χ0v) is 18.3. The van der Waals surface area contributed by atoms with Crippen molar-refractivity contribution in [2.75, 3.05) is 41.7 Å². The first-order valence-corrected chi connectivity index (χ1v) is 11.0. The van der Waals surface area contributed by atoms with Crippen LogP contribution in [0.2, 0.25) is 0 Å². The maximum absolute atomic E-state index is 12.5. The second-order valence-corrected chi connectivity index (χ2v) is 7.72. The monoisotopic (exact) mass is 445 g/mol. The number of para-hydroxylation sites is 1.